The number of ether oxygens (including phenoxy) is 4. The molecule has 1 N–H and O–H groups in total. The van der Waals surface area contributed by atoms with Crippen LogP contribution in [-0.2, 0) is 11.2 Å². The fourth-order valence-electron chi connectivity index (χ4n) is 5.04. The second-order valence-corrected chi connectivity index (χ2v) is 9.91. The van der Waals surface area contributed by atoms with E-state index in [9.17, 15) is 9.18 Å². The van der Waals surface area contributed by atoms with Crippen molar-refractivity contribution in [3.63, 3.8) is 0 Å². The summed E-state index contributed by atoms with van der Waals surface area (Å²) in [4.78, 5) is 13.2. The molecule has 1 amide bonds. The van der Waals surface area contributed by atoms with Crippen LogP contribution in [0.3, 0.4) is 0 Å². The van der Waals surface area contributed by atoms with Gasteiger partial charge >= 0.3 is 0 Å². The van der Waals surface area contributed by atoms with Crippen LogP contribution in [0.1, 0.15) is 28.8 Å². The van der Waals surface area contributed by atoms with Gasteiger partial charge in [-0.1, -0.05) is 30.3 Å². The van der Waals surface area contributed by atoms with Crippen molar-refractivity contribution in [2.45, 2.75) is 25.4 Å². The van der Waals surface area contributed by atoms with Gasteiger partial charge in [-0.3, -0.25) is 4.79 Å². The molecule has 1 heterocycles. The summed E-state index contributed by atoms with van der Waals surface area (Å²) >= 11 is 0. The average Bonchev–Trinajstić information content (AvgIpc) is 3.01. The number of halogens is 1. The maximum absolute atomic E-state index is 14.1. The van der Waals surface area contributed by atoms with Gasteiger partial charge in [0.15, 0.2) is 0 Å². The molecular formula is C34H34FNO5. The van der Waals surface area contributed by atoms with Gasteiger partial charge in [0, 0.05) is 30.5 Å². The first-order valence-electron chi connectivity index (χ1n) is 13.8. The van der Waals surface area contributed by atoms with Crippen molar-refractivity contribution in [3.05, 3.63) is 102 Å². The van der Waals surface area contributed by atoms with Crippen LogP contribution in [-0.4, -0.2) is 46.0 Å². The molecule has 5 rings (SSSR count). The largest absolute Gasteiger partial charge is 0.497 e. The Kier molecular flexibility index (Phi) is 9.16. The lowest BCUT2D eigenvalue weighted by atomic mass is 9.97. The summed E-state index contributed by atoms with van der Waals surface area (Å²) in [5, 5.41) is 3.03. The first-order valence-corrected chi connectivity index (χ1v) is 13.8. The Balaban J connectivity index is 1.32. The average molecular weight is 556 g/mol. The van der Waals surface area contributed by atoms with Gasteiger partial charge in [0.25, 0.3) is 5.91 Å². The molecule has 0 atom stereocenters. The zero-order valence-electron chi connectivity index (χ0n) is 23.3. The van der Waals surface area contributed by atoms with Crippen LogP contribution in [0, 0.1) is 5.82 Å². The highest BCUT2D eigenvalue weighted by Crippen LogP contribution is 2.33. The van der Waals surface area contributed by atoms with Crippen LogP contribution in [0.2, 0.25) is 0 Å². The Morgan fingerprint density at radius 2 is 1.63 bits per heavy atom. The van der Waals surface area contributed by atoms with Gasteiger partial charge in [-0.2, -0.15) is 0 Å². The topological polar surface area (TPSA) is 66.0 Å². The molecule has 1 fully saturated rings. The second kappa shape index (κ2) is 13.3. The molecular weight excluding hydrogens is 521 g/mol. The maximum atomic E-state index is 14.1. The Morgan fingerprint density at radius 1 is 0.854 bits per heavy atom. The van der Waals surface area contributed by atoms with Crippen LogP contribution in [0.4, 0.5) is 4.39 Å². The lowest BCUT2D eigenvalue weighted by Gasteiger charge is -2.24. The number of carbonyl (C=O) groups is 1. The molecule has 0 spiro atoms. The van der Waals surface area contributed by atoms with E-state index >= 15 is 0 Å². The number of benzene rings is 4. The lowest BCUT2D eigenvalue weighted by molar-refractivity contribution is 0.0256. The standard InChI is InChI=1S/C34H34FNO5/c1-38-29-8-4-6-25(20-29)32-21-26(10-12-33(32)39-2)34(37)36-16-13-23-9-11-30(41-28-14-17-40-18-15-28)22-31(23)24-5-3-7-27(35)19-24/h3-12,19-22,28H,13-18H2,1-2H3,(H,36,37). The maximum Gasteiger partial charge on any atom is 0.251 e. The summed E-state index contributed by atoms with van der Waals surface area (Å²) in [5.74, 6) is 1.63. The van der Waals surface area contributed by atoms with E-state index in [0.717, 1.165) is 52.2 Å². The summed E-state index contributed by atoms with van der Waals surface area (Å²) in [5.41, 5.74) is 4.84. The lowest BCUT2D eigenvalue weighted by Crippen LogP contribution is -2.26. The minimum absolute atomic E-state index is 0.0978. The smallest absolute Gasteiger partial charge is 0.251 e. The molecule has 0 radical (unpaired) electrons. The van der Waals surface area contributed by atoms with Crippen molar-refractivity contribution in [1.82, 2.24) is 5.32 Å². The third kappa shape index (κ3) is 7.05. The molecule has 1 saturated heterocycles. The van der Waals surface area contributed by atoms with Crippen LogP contribution >= 0.6 is 0 Å². The predicted octanol–water partition coefficient (Wildman–Crippen LogP) is 6.71. The molecule has 0 aliphatic carbocycles. The fourth-order valence-corrected chi connectivity index (χ4v) is 5.04. The van der Waals surface area contributed by atoms with Crippen molar-refractivity contribution in [1.29, 1.82) is 0 Å². The normalized spacial score (nSPS) is 13.4. The minimum atomic E-state index is -0.302. The monoisotopic (exact) mass is 555 g/mol. The van der Waals surface area contributed by atoms with Crippen LogP contribution in [0.25, 0.3) is 22.3 Å². The molecule has 0 saturated carbocycles. The highest BCUT2D eigenvalue weighted by atomic mass is 19.1. The molecule has 1 aliphatic heterocycles. The summed E-state index contributed by atoms with van der Waals surface area (Å²) in [7, 11) is 3.22. The molecule has 0 bridgehead atoms. The third-order valence-corrected chi connectivity index (χ3v) is 7.21. The van der Waals surface area contributed by atoms with Crippen molar-refractivity contribution in [3.8, 4) is 39.5 Å². The van der Waals surface area contributed by atoms with Crippen molar-refractivity contribution >= 4 is 5.91 Å². The molecule has 6 nitrogen and oxygen atoms in total. The van der Waals surface area contributed by atoms with E-state index in [-0.39, 0.29) is 17.8 Å². The second-order valence-electron chi connectivity index (χ2n) is 9.91. The van der Waals surface area contributed by atoms with Crippen molar-refractivity contribution in [2.24, 2.45) is 0 Å². The van der Waals surface area contributed by atoms with E-state index in [1.807, 2.05) is 54.6 Å². The number of nitrogens with one attached hydrogen (secondary N) is 1. The molecule has 0 unspecified atom stereocenters. The van der Waals surface area contributed by atoms with Crippen molar-refractivity contribution in [2.75, 3.05) is 34.0 Å². The number of rotatable bonds is 10. The van der Waals surface area contributed by atoms with Crippen LogP contribution in [0.5, 0.6) is 17.2 Å². The first kappa shape index (κ1) is 28.2. The molecule has 1 aliphatic rings. The quantitative estimate of drug-likeness (QED) is 0.236. The van der Waals surface area contributed by atoms with Gasteiger partial charge < -0.3 is 24.3 Å². The Hall–Kier alpha value is -4.36. The molecule has 212 valence electrons. The molecule has 0 aromatic heterocycles. The number of hydrogen-bond acceptors (Lipinski definition) is 5. The fraction of sp³-hybridized carbons (Fsp3) is 0.265. The van der Waals surface area contributed by atoms with E-state index in [2.05, 4.69) is 5.32 Å². The molecule has 7 heteroatoms. The van der Waals surface area contributed by atoms with Crippen molar-refractivity contribution < 1.29 is 28.1 Å². The summed E-state index contributed by atoms with van der Waals surface area (Å²) in [6.07, 6.45) is 2.34. The minimum Gasteiger partial charge on any atom is -0.497 e. The number of carbonyl (C=O) groups excluding carboxylic acids is 1. The molecule has 4 aromatic rings. The Labute approximate surface area is 240 Å². The highest BCUT2D eigenvalue weighted by Gasteiger charge is 2.17. The number of hydrogen-bond donors (Lipinski definition) is 1. The molecule has 4 aromatic carbocycles. The SMILES string of the molecule is COc1cccc(-c2cc(C(=O)NCCc3ccc(OC4CCOCC4)cc3-c3cccc(F)c3)ccc2OC)c1. The third-order valence-electron chi connectivity index (χ3n) is 7.21. The zero-order chi connectivity index (χ0) is 28.6. The highest BCUT2D eigenvalue weighted by molar-refractivity contribution is 5.96. The van der Waals surface area contributed by atoms with E-state index < -0.39 is 0 Å². The van der Waals surface area contributed by atoms with E-state index in [0.29, 0.717) is 37.5 Å². The summed E-state index contributed by atoms with van der Waals surface area (Å²) in [6.45, 7) is 1.78. The van der Waals surface area contributed by atoms with Gasteiger partial charge in [-0.25, -0.2) is 4.39 Å². The van der Waals surface area contributed by atoms with Gasteiger partial charge in [-0.05, 0) is 83.3 Å². The number of methoxy groups -OCH3 is 2. The summed E-state index contributed by atoms with van der Waals surface area (Å²) in [6, 6.07) is 25.4. The summed E-state index contributed by atoms with van der Waals surface area (Å²) < 4.78 is 36.7. The Morgan fingerprint density at radius 3 is 2.39 bits per heavy atom. The van der Waals surface area contributed by atoms with Gasteiger partial charge in [0.2, 0.25) is 0 Å². The molecule has 41 heavy (non-hydrogen) atoms. The van der Waals surface area contributed by atoms with Crippen LogP contribution < -0.4 is 19.5 Å². The van der Waals surface area contributed by atoms with Gasteiger partial charge in [-0.15, -0.1) is 0 Å². The Bertz CT molecular complexity index is 1500. The number of amides is 1. The zero-order valence-corrected chi connectivity index (χ0v) is 23.3. The first-order chi connectivity index (χ1) is 20.0. The van der Waals surface area contributed by atoms with E-state index in [4.69, 9.17) is 18.9 Å². The van der Waals surface area contributed by atoms with Gasteiger partial charge in [0.1, 0.15) is 29.2 Å². The van der Waals surface area contributed by atoms with Gasteiger partial charge in [0.05, 0.1) is 27.4 Å². The van der Waals surface area contributed by atoms with E-state index in [1.165, 1.54) is 12.1 Å². The van der Waals surface area contributed by atoms with Crippen LogP contribution in [0.15, 0.2) is 84.9 Å². The van der Waals surface area contributed by atoms with E-state index in [1.54, 1.807) is 32.4 Å². The predicted molar refractivity (Wildman–Crippen MR) is 157 cm³/mol.